The van der Waals surface area contributed by atoms with Crippen molar-refractivity contribution in [3.05, 3.63) is 0 Å². The Bertz CT molecular complexity index is 143. The van der Waals surface area contributed by atoms with Crippen molar-refractivity contribution >= 4 is 22.6 Å². The van der Waals surface area contributed by atoms with E-state index in [9.17, 15) is 0 Å². The largest absolute Gasteiger partial charge is 0.372 e. The fraction of sp³-hybridized carbons (Fsp3) is 1.00. The quantitative estimate of drug-likeness (QED) is 0.324. The Hall–Kier alpha value is 0.610. The summed E-state index contributed by atoms with van der Waals surface area (Å²) in [5.74, 6) is 0. The highest BCUT2D eigenvalue weighted by Crippen LogP contribution is 2.19. The molecule has 0 saturated carbocycles. The van der Waals surface area contributed by atoms with E-state index in [1.165, 1.54) is 0 Å². The lowest BCUT2D eigenvalue weighted by molar-refractivity contribution is 0.221. The molecule has 3 nitrogen and oxygen atoms in total. The van der Waals surface area contributed by atoms with Gasteiger partial charge in [0.05, 0.1) is 29.5 Å². The highest BCUT2D eigenvalue weighted by Gasteiger charge is 2.31. The minimum Gasteiger partial charge on any atom is -0.372 e. The average Bonchev–Trinajstić information content (AvgIpc) is 2.78. The Morgan fingerprint density at radius 2 is 1.75 bits per heavy atom. The first kappa shape index (κ1) is 9.18. The highest BCUT2D eigenvalue weighted by molar-refractivity contribution is 14.1. The van der Waals surface area contributed by atoms with Crippen molar-refractivity contribution in [3.8, 4) is 0 Å². The van der Waals surface area contributed by atoms with E-state index < -0.39 is 0 Å². The van der Waals surface area contributed by atoms with Crippen LogP contribution in [0.4, 0.5) is 0 Å². The normalized spacial score (nSPS) is 35.2. The van der Waals surface area contributed by atoms with Crippen LogP contribution in [0.2, 0.25) is 0 Å². The molecule has 12 heavy (non-hydrogen) atoms. The second-order valence-electron chi connectivity index (χ2n) is 3.44. The van der Waals surface area contributed by atoms with Crippen LogP contribution in [0.3, 0.4) is 0 Å². The third-order valence-corrected chi connectivity index (χ3v) is 2.97. The summed E-state index contributed by atoms with van der Waals surface area (Å²) >= 11 is 2.44. The number of alkyl halides is 1. The average molecular weight is 283 g/mol. The second kappa shape index (κ2) is 3.77. The molecule has 2 fully saturated rings. The maximum absolute atomic E-state index is 5.21. The van der Waals surface area contributed by atoms with Crippen LogP contribution < -0.4 is 0 Å². The van der Waals surface area contributed by atoms with Crippen molar-refractivity contribution in [2.45, 2.75) is 23.2 Å². The molecule has 2 rings (SSSR count). The maximum Gasteiger partial charge on any atom is 0.0936 e. The van der Waals surface area contributed by atoms with E-state index in [4.69, 9.17) is 9.47 Å². The first-order valence-electron chi connectivity index (χ1n) is 4.37. The van der Waals surface area contributed by atoms with Gasteiger partial charge in [0, 0.05) is 13.1 Å². The molecule has 0 aromatic heterocycles. The zero-order valence-corrected chi connectivity index (χ0v) is 9.36. The molecule has 0 aliphatic carbocycles. The molecular weight excluding hydrogens is 269 g/mol. The molecule has 2 aliphatic heterocycles. The molecular formula is C8H14INO2. The molecule has 0 radical (unpaired) electrons. The third kappa shape index (κ3) is 2.83. The second-order valence-corrected chi connectivity index (χ2v) is 5.24. The zero-order valence-electron chi connectivity index (χ0n) is 7.20. The number of hydrogen-bond donors (Lipinski definition) is 0. The van der Waals surface area contributed by atoms with Crippen molar-refractivity contribution in [1.29, 1.82) is 0 Å². The van der Waals surface area contributed by atoms with Gasteiger partial charge in [0.1, 0.15) is 0 Å². The summed E-state index contributed by atoms with van der Waals surface area (Å²) in [5, 5.41) is 0. The Labute approximate surface area is 86.5 Å². The van der Waals surface area contributed by atoms with Gasteiger partial charge in [-0.15, -0.1) is 0 Å². The Kier molecular flexibility index (Phi) is 2.89. The Morgan fingerprint density at radius 1 is 1.33 bits per heavy atom. The van der Waals surface area contributed by atoms with Gasteiger partial charge in [0.2, 0.25) is 0 Å². The van der Waals surface area contributed by atoms with Crippen molar-refractivity contribution in [3.63, 3.8) is 0 Å². The molecule has 0 aromatic rings. The van der Waals surface area contributed by atoms with E-state index >= 15 is 0 Å². The SMILES string of the molecule is CC(I)N(CC1CO1)CC1CO1. The zero-order chi connectivity index (χ0) is 8.55. The first-order valence-corrected chi connectivity index (χ1v) is 5.61. The van der Waals surface area contributed by atoms with Gasteiger partial charge >= 0.3 is 0 Å². The van der Waals surface area contributed by atoms with E-state index in [1.807, 2.05) is 0 Å². The summed E-state index contributed by atoms with van der Waals surface area (Å²) in [6.07, 6.45) is 1.00. The summed E-state index contributed by atoms with van der Waals surface area (Å²) in [5.41, 5.74) is 0. The van der Waals surface area contributed by atoms with Crippen molar-refractivity contribution < 1.29 is 9.47 Å². The lowest BCUT2D eigenvalue weighted by Crippen LogP contribution is -2.35. The molecule has 4 heteroatoms. The number of ether oxygens (including phenoxy) is 2. The number of nitrogens with zero attached hydrogens (tertiary/aromatic N) is 1. The number of epoxide rings is 2. The first-order chi connectivity index (χ1) is 5.75. The number of hydrogen-bond acceptors (Lipinski definition) is 3. The number of rotatable bonds is 5. The van der Waals surface area contributed by atoms with Gasteiger partial charge in [0.25, 0.3) is 0 Å². The molecule has 3 unspecified atom stereocenters. The Balaban J connectivity index is 1.74. The number of halogens is 1. The monoisotopic (exact) mass is 283 g/mol. The molecule has 0 N–H and O–H groups in total. The molecule has 2 saturated heterocycles. The van der Waals surface area contributed by atoms with E-state index in [-0.39, 0.29) is 0 Å². The van der Waals surface area contributed by atoms with E-state index in [2.05, 4.69) is 34.4 Å². The molecule has 0 aromatic carbocycles. The molecule has 0 spiro atoms. The smallest absolute Gasteiger partial charge is 0.0936 e. The molecule has 2 heterocycles. The molecule has 2 aliphatic rings. The van der Waals surface area contributed by atoms with Crippen LogP contribution in [0, 0.1) is 0 Å². The van der Waals surface area contributed by atoms with Crippen LogP contribution in [0.15, 0.2) is 0 Å². The minimum absolute atomic E-state index is 0.501. The van der Waals surface area contributed by atoms with Crippen LogP contribution in [0.5, 0.6) is 0 Å². The van der Waals surface area contributed by atoms with Gasteiger partial charge in [-0.1, -0.05) is 22.6 Å². The van der Waals surface area contributed by atoms with Gasteiger partial charge in [-0.25, -0.2) is 0 Å². The van der Waals surface area contributed by atoms with Crippen LogP contribution in [0.1, 0.15) is 6.92 Å². The molecule has 70 valence electrons. The van der Waals surface area contributed by atoms with Crippen LogP contribution in [-0.4, -0.2) is 47.5 Å². The maximum atomic E-state index is 5.21. The summed E-state index contributed by atoms with van der Waals surface area (Å²) < 4.78 is 11.0. The molecule has 0 amide bonds. The molecule has 3 atom stereocenters. The lowest BCUT2D eigenvalue weighted by Gasteiger charge is -2.23. The van der Waals surface area contributed by atoms with Crippen LogP contribution >= 0.6 is 22.6 Å². The summed E-state index contributed by atoms with van der Waals surface area (Å²) in [6.45, 7) is 6.26. The van der Waals surface area contributed by atoms with Crippen molar-refractivity contribution in [2.75, 3.05) is 26.3 Å². The predicted octanol–water partition coefficient (Wildman–Crippen LogP) is 0.867. The van der Waals surface area contributed by atoms with Gasteiger partial charge in [-0.05, 0) is 6.92 Å². The summed E-state index contributed by atoms with van der Waals surface area (Å²) in [4.78, 5) is 2.43. The van der Waals surface area contributed by atoms with E-state index in [0.29, 0.717) is 16.3 Å². The fourth-order valence-corrected chi connectivity index (χ4v) is 1.69. The van der Waals surface area contributed by atoms with Gasteiger partial charge in [-0.3, -0.25) is 4.90 Å². The van der Waals surface area contributed by atoms with E-state index in [1.54, 1.807) is 0 Å². The van der Waals surface area contributed by atoms with Crippen LogP contribution in [0.25, 0.3) is 0 Å². The van der Waals surface area contributed by atoms with Crippen molar-refractivity contribution in [2.24, 2.45) is 0 Å². The summed E-state index contributed by atoms with van der Waals surface area (Å²) in [7, 11) is 0. The topological polar surface area (TPSA) is 28.3 Å². The molecule has 0 bridgehead atoms. The van der Waals surface area contributed by atoms with Gasteiger partial charge < -0.3 is 9.47 Å². The third-order valence-electron chi connectivity index (χ3n) is 2.18. The highest BCUT2D eigenvalue weighted by atomic mass is 127. The standard InChI is InChI=1S/C8H14INO2/c1-6(9)10(2-7-4-11-7)3-8-5-12-8/h6-8H,2-5H2,1H3. The van der Waals surface area contributed by atoms with E-state index in [0.717, 1.165) is 26.3 Å². The van der Waals surface area contributed by atoms with Crippen molar-refractivity contribution in [1.82, 2.24) is 4.90 Å². The van der Waals surface area contributed by atoms with Gasteiger partial charge in [0.15, 0.2) is 0 Å². The predicted molar refractivity (Wildman–Crippen MR) is 54.5 cm³/mol. The van der Waals surface area contributed by atoms with Crippen LogP contribution in [-0.2, 0) is 9.47 Å². The Morgan fingerprint density at radius 3 is 2.00 bits per heavy atom. The summed E-state index contributed by atoms with van der Waals surface area (Å²) in [6, 6.07) is 0. The minimum atomic E-state index is 0.501. The fourth-order valence-electron chi connectivity index (χ4n) is 1.24. The lowest BCUT2D eigenvalue weighted by atomic mass is 10.3. The van der Waals surface area contributed by atoms with Gasteiger partial charge in [-0.2, -0.15) is 0 Å².